The van der Waals surface area contributed by atoms with Crippen molar-refractivity contribution in [2.75, 3.05) is 6.54 Å². The molecule has 1 heterocycles. The van der Waals surface area contributed by atoms with Crippen LogP contribution in [-0.4, -0.2) is 23.5 Å². The average molecular weight is 292 g/mol. The van der Waals surface area contributed by atoms with Gasteiger partial charge in [0.05, 0.1) is 6.04 Å². The lowest BCUT2D eigenvalue weighted by Crippen LogP contribution is -2.48. The summed E-state index contributed by atoms with van der Waals surface area (Å²) < 4.78 is 13.2. The highest BCUT2D eigenvalue weighted by Crippen LogP contribution is 2.33. The molecule has 0 bridgehead atoms. The van der Waals surface area contributed by atoms with Crippen LogP contribution in [0.15, 0.2) is 24.3 Å². The Labute approximate surface area is 128 Å². The third-order valence-electron chi connectivity index (χ3n) is 4.74. The van der Waals surface area contributed by atoms with Crippen LogP contribution in [-0.2, 0) is 0 Å². The minimum absolute atomic E-state index is 0.105. The van der Waals surface area contributed by atoms with Crippen LogP contribution in [0.2, 0.25) is 0 Å². The summed E-state index contributed by atoms with van der Waals surface area (Å²) in [4.78, 5) is 2.59. The molecule has 1 aliphatic rings. The Morgan fingerprint density at radius 3 is 2.57 bits per heavy atom. The number of rotatable bonds is 6. The van der Waals surface area contributed by atoms with Crippen LogP contribution in [0.25, 0.3) is 0 Å². The van der Waals surface area contributed by atoms with E-state index in [-0.39, 0.29) is 17.9 Å². The number of nitrogens with zero attached hydrogens (tertiary/aromatic N) is 1. The number of nitrogens with two attached hydrogens (primary N) is 1. The van der Waals surface area contributed by atoms with Gasteiger partial charge in [-0.2, -0.15) is 0 Å². The molecule has 0 aromatic heterocycles. The summed E-state index contributed by atoms with van der Waals surface area (Å²) in [5.74, 6) is -0.175. The highest BCUT2D eigenvalue weighted by atomic mass is 19.1. The molecule has 118 valence electrons. The summed E-state index contributed by atoms with van der Waals surface area (Å²) in [6, 6.07) is 7.88. The molecule has 1 fully saturated rings. The summed E-state index contributed by atoms with van der Waals surface area (Å²) in [7, 11) is 0. The van der Waals surface area contributed by atoms with E-state index in [1.54, 1.807) is 12.1 Å². The van der Waals surface area contributed by atoms with E-state index in [4.69, 9.17) is 5.73 Å². The number of hydrogen-bond acceptors (Lipinski definition) is 2. The van der Waals surface area contributed by atoms with Gasteiger partial charge in [0.15, 0.2) is 0 Å². The molecule has 3 unspecified atom stereocenters. The molecule has 0 saturated carbocycles. The molecule has 2 N–H and O–H groups in total. The molecule has 2 nitrogen and oxygen atoms in total. The minimum Gasteiger partial charge on any atom is -0.326 e. The fraction of sp³-hybridized carbons (Fsp3) is 0.667. The van der Waals surface area contributed by atoms with Crippen molar-refractivity contribution in [2.24, 2.45) is 5.73 Å². The summed E-state index contributed by atoms with van der Waals surface area (Å²) in [6.45, 7) is 5.50. The second kappa shape index (κ2) is 7.90. The van der Waals surface area contributed by atoms with Gasteiger partial charge in [0.25, 0.3) is 0 Å². The van der Waals surface area contributed by atoms with E-state index >= 15 is 0 Å². The molecule has 0 radical (unpaired) electrons. The van der Waals surface area contributed by atoms with Gasteiger partial charge < -0.3 is 5.73 Å². The molecule has 3 atom stereocenters. The van der Waals surface area contributed by atoms with Crippen molar-refractivity contribution in [1.82, 2.24) is 4.90 Å². The van der Waals surface area contributed by atoms with E-state index in [1.165, 1.54) is 32.1 Å². The Kier molecular flexibility index (Phi) is 6.19. The van der Waals surface area contributed by atoms with Gasteiger partial charge in [-0.3, -0.25) is 4.90 Å². The van der Waals surface area contributed by atoms with Crippen molar-refractivity contribution in [3.8, 4) is 0 Å². The Hall–Kier alpha value is -0.930. The second-order valence-corrected chi connectivity index (χ2v) is 6.24. The number of benzene rings is 1. The molecule has 3 heteroatoms. The van der Waals surface area contributed by atoms with Crippen molar-refractivity contribution in [3.05, 3.63) is 35.6 Å². The topological polar surface area (TPSA) is 29.3 Å². The maximum Gasteiger partial charge on any atom is 0.123 e. The Balaban J connectivity index is 2.27. The first kappa shape index (κ1) is 16.4. The normalized spacial score (nSPS) is 23.0. The molecule has 0 aliphatic carbocycles. The predicted octanol–water partition coefficient (Wildman–Crippen LogP) is 4.26. The van der Waals surface area contributed by atoms with E-state index in [0.717, 1.165) is 18.5 Å². The van der Waals surface area contributed by atoms with E-state index in [1.807, 2.05) is 12.1 Å². The van der Waals surface area contributed by atoms with Gasteiger partial charge >= 0.3 is 0 Å². The van der Waals surface area contributed by atoms with Crippen LogP contribution in [0.4, 0.5) is 4.39 Å². The zero-order valence-electron chi connectivity index (χ0n) is 13.4. The minimum atomic E-state index is -0.175. The molecule has 0 spiro atoms. The van der Waals surface area contributed by atoms with Crippen molar-refractivity contribution >= 4 is 0 Å². The van der Waals surface area contributed by atoms with E-state index in [0.29, 0.717) is 6.04 Å². The lowest BCUT2D eigenvalue weighted by molar-refractivity contribution is 0.0725. The highest BCUT2D eigenvalue weighted by Gasteiger charge is 2.32. The number of likely N-dealkylation sites (tertiary alicyclic amines) is 1. The SMILES string of the molecule is CCCC1CCCCN1C(c1ccc(F)cc1)C(N)CC. The third kappa shape index (κ3) is 4.04. The smallest absolute Gasteiger partial charge is 0.123 e. The molecule has 1 aromatic carbocycles. The van der Waals surface area contributed by atoms with E-state index in [2.05, 4.69) is 18.7 Å². The Morgan fingerprint density at radius 2 is 1.95 bits per heavy atom. The maximum atomic E-state index is 13.2. The number of piperidine rings is 1. The van der Waals surface area contributed by atoms with Gasteiger partial charge in [0.2, 0.25) is 0 Å². The van der Waals surface area contributed by atoms with Crippen molar-refractivity contribution < 1.29 is 4.39 Å². The van der Waals surface area contributed by atoms with Crippen LogP contribution in [0.1, 0.15) is 64.0 Å². The fourth-order valence-corrected chi connectivity index (χ4v) is 3.60. The van der Waals surface area contributed by atoms with Crippen LogP contribution >= 0.6 is 0 Å². The van der Waals surface area contributed by atoms with Gasteiger partial charge in [0, 0.05) is 12.1 Å². The first-order valence-corrected chi connectivity index (χ1v) is 8.44. The van der Waals surface area contributed by atoms with Crippen LogP contribution in [0, 0.1) is 5.82 Å². The average Bonchev–Trinajstić information content (AvgIpc) is 2.51. The van der Waals surface area contributed by atoms with Gasteiger partial charge in [0.1, 0.15) is 5.82 Å². The number of halogens is 1. The monoisotopic (exact) mass is 292 g/mol. The molecular weight excluding hydrogens is 263 g/mol. The summed E-state index contributed by atoms with van der Waals surface area (Å²) in [6.07, 6.45) is 7.21. The fourth-order valence-electron chi connectivity index (χ4n) is 3.60. The van der Waals surface area contributed by atoms with Gasteiger partial charge in [-0.1, -0.05) is 38.8 Å². The molecule has 1 aliphatic heterocycles. The largest absolute Gasteiger partial charge is 0.326 e. The van der Waals surface area contributed by atoms with Crippen molar-refractivity contribution in [1.29, 1.82) is 0 Å². The zero-order chi connectivity index (χ0) is 15.2. The maximum absolute atomic E-state index is 13.2. The van der Waals surface area contributed by atoms with E-state index in [9.17, 15) is 4.39 Å². The summed E-state index contributed by atoms with van der Waals surface area (Å²) >= 11 is 0. The van der Waals surface area contributed by atoms with Crippen molar-refractivity contribution in [2.45, 2.75) is 70.5 Å². The van der Waals surface area contributed by atoms with Crippen LogP contribution in [0.3, 0.4) is 0 Å². The molecular formula is C18H29FN2. The lowest BCUT2D eigenvalue weighted by Gasteiger charge is -2.43. The van der Waals surface area contributed by atoms with Crippen LogP contribution < -0.4 is 5.73 Å². The first-order chi connectivity index (χ1) is 10.2. The Bertz CT molecular complexity index is 416. The van der Waals surface area contributed by atoms with Gasteiger partial charge in [-0.25, -0.2) is 4.39 Å². The number of hydrogen-bond donors (Lipinski definition) is 1. The summed E-state index contributed by atoms with van der Waals surface area (Å²) in [5, 5.41) is 0. The third-order valence-corrected chi connectivity index (χ3v) is 4.74. The molecule has 2 rings (SSSR count). The van der Waals surface area contributed by atoms with Gasteiger partial charge in [-0.15, -0.1) is 0 Å². The molecule has 21 heavy (non-hydrogen) atoms. The molecule has 0 amide bonds. The molecule has 1 saturated heterocycles. The lowest BCUT2D eigenvalue weighted by atomic mass is 9.89. The summed E-state index contributed by atoms with van der Waals surface area (Å²) in [5.41, 5.74) is 7.60. The van der Waals surface area contributed by atoms with Crippen LogP contribution in [0.5, 0.6) is 0 Å². The second-order valence-electron chi connectivity index (χ2n) is 6.24. The zero-order valence-corrected chi connectivity index (χ0v) is 13.4. The predicted molar refractivity (Wildman–Crippen MR) is 86.7 cm³/mol. The highest BCUT2D eigenvalue weighted by molar-refractivity contribution is 5.22. The first-order valence-electron chi connectivity index (χ1n) is 8.44. The Morgan fingerprint density at radius 1 is 1.24 bits per heavy atom. The quantitative estimate of drug-likeness (QED) is 0.849. The standard InChI is InChI=1S/C18H29FN2/c1-3-7-16-8-5-6-13-21(16)18(17(20)4-2)14-9-11-15(19)12-10-14/h9-12,16-18H,3-8,13,20H2,1-2H3. The van der Waals surface area contributed by atoms with Crippen molar-refractivity contribution in [3.63, 3.8) is 0 Å². The van der Waals surface area contributed by atoms with Gasteiger partial charge in [-0.05, 0) is 49.9 Å². The molecule has 1 aromatic rings. The van der Waals surface area contributed by atoms with E-state index < -0.39 is 0 Å².